The lowest BCUT2D eigenvalue weighted by Gasteiger charge is -2.10. The van der Waals surface area contributed by atoms with Gasteiger partial charge in [-0.05, 0) is 12.8 Å². The summed E-state index contributed by atoms with van der Waals surface area (Å²) in [5, 5.41) is 2.93. The fourth-order valence-corrected chi connectivity index (χ4v) is 1.47. The molecule has 0 radical (unpaired) electrons. The van der Waals surface area contributed by atoms with Gasteiger partial charge in [-0.3, -0.25) is 0 Å². The zero-order valence-electron chi connectivity index (χ0n) is 9.93. The molecule has 1 heterocycles. The highest BCUT2D eigenvalue weighted by Gasteiger charge is 2.25. The van der Waals surface area contributed by atoms with Crippen molar-refractivity contribution in [3.8, 4) is 0 Å². The van der Waals surface area contributed by atoms with Gasteiger partial charge < -0.3 is 9.88 Å². The molecule has 0 fully saturated rings. The van der Waals surface area contributed by atoms with Crippen molar-refractivity contribution in [1.29, 1.82) is 0 Å². The number of alkyl halides is 3. The number of aromatic nitrogens is 2. The van der Waals surface area contributed by atoms with Crippen molar-refractivity contribution in [1.82, 2.24) is 9.55 Å². The number of halogens is 3. The van der Waals surface area contributed by atoms with Crippen LogP contribution in [0.1, 0.15) is 32.6 Å². The first kappa shape index (κ1) is 13.9. The quantitative estimate of drug-likeness (QED) is 0.750. The highest BCUT2D eigenvalue weighted by atomic mass is 19.4. The molecule has 1 N–H and O–H groups in total. The third-order valence-corrected chi connectivity index (χ3v) is 2.39. The molecule has 98 valence electrons. The Morgan fingerprint density at radius 1 is 1.35 bits per heavy atom. The monoisotopic (exact) mass is 249 g/mol. The maximum Gasteiger partial charge on any atom is 0.389 e. The average Bonchev–Trinajstić information content (AvgIpc) is 2.67. The number of hydrogen-bond acceptors (Lipinski definition) is 2. The molecule has 0 aromatic carbocycles. The summed E-state index contributed by atoms with van der Waals surface area (Å²) >= 11 is 0. The number of unbranched alkanes of at least 4 members (excludes halogenated alkanes) is 1. The Hall–Kier alpha value is -1.20. The third kappa shape index (κ3) is 5.60. The molecule has 0 saturated heterocycles. The predicted octanol–water partition coefficient (Wildman–Crippen LogP) is 3.44. The molecular formula is C11H18F3N3. The molecule has 1 aromatic heterocycles. The highest BCUT2D eigenvalue weighted by molar-refractivity contribution is 5.25. The molecule has 0 aliphatic rings. The summed E-state index contributed by atoms with van der Waals surface area (Å²) in [6.07, 6.45) is 0.849. The van der Waals surface area contributed by atoms with Gasteiger partial charge in [-0.15, -0.1) is 0 Å². The van der Waals surface area contributed by atoms with Crippen LogP contribution in [0.4, 0.5) is 19.1 Å². The Balaban J connectivity index is 2.29. The number of anilines is 1. The average molecular weight is 249 g/mol. The first-order valence-electron chi connectivity index (χ1n) is 5.84. The molecule has 0 bridgehead atoms. The molecule has 0 atom stereocenters. The minimum atomic E-state index is -4.07. The van der Waals surface area contributed by atoms with E-state index in [0.717, 1.165) is 19.4 Å². The summed E-state index contributed by atoms with van der Waals surface area (Å²) in [5.41, 5.74) is 0. The van der Waals surface area contributed by atoms with Gasteiger partial charge in [0.25, 0.3) is 0 Å². The molecule has 17 heavy (non-hydrogen) atoms. The van der Waals surface area contributed by atoms with Crippen molar-refractivity contribution in [2.24, 2.45) is 0 Å². The smallest absolute Gasteiger partial charge is 0.356 e. The van der Waals surface area contributed by atoms with E-state index in [2.05, 4.69) is 17.2 Å². The van der Waals surface area contributed by atoms with Crippen LogP contribution in [0.15, 0.2) is 12.4 Å². The molecule has 6 heteroatoms. The summed E-state index contributed by atoms with van der Waals surface area (Å²) in [6.45, 7) is 3.23. The first-order valence-corrected chi connectivity index (χ1v) is 5.84. The van der Waals surface area contributed by atoms with Crippen molar-refractivity contribution >= 4 is 5.95 Å². The SMILES string of the molecule is CCCCn1ccnc1NCCCC(F)(F)F. The van der Waals surface area contributed by atoms with E-state index in [-0.39, 0.29) is 6.42 Å². The van der Waals surface area contributed by atoms with E-state index in [1.807, 2.05) is 10.8 Å². The van der Waals surface area contributed by atoms with Crippen LogP contribution in [0.2, 0.25) is 0 Å². The van der Waals surface area contributed by atoms with E-state index < -0.39 is 12.6 Å². The van der Waals surface area contributed by atoms with Crippen molar-refractivity contribution in [3.63, 3.8) is 0 Å². The van der Waals surface area contributed by atoms with Crippen LogP contribution in [0.25, 0.3) is 0 Å². The second kappa shape index (κ2) is 6.51. The van der Waals surface area contributed by atoms with E-state index in [1.165, 1.54) is 0 Å². The standard InChI is InChI=1S/C11H18F3N3/c1-2-3-8-17-9-7-16-10(17)15-6-4-5-11(12,13)14/h7,9H,2-6,8H2,1H3,(H,15,16). The van der Waals surface area contributed by atoms with Crippen molar-refractivity contribution in [2.45, 2.75) is 45.3 Å². The molecule has 0 amide bonds. The zero-order valence-corrected chi connectivity index (χ0v) is 9.93. The van der Waals surface area contributed by atoms with Crippen LogP contribution in [-0.2, 0) is 6.54 Å². The normalized spacial score (nSPS) is 11.8. The van der Waals surface area contributed by atoms with Gasteiger partial charge in [-0.1, -0.05) is 13.3 Å². The Morgan fingerprint density at radius 2 is 2.12 bits per heavy atom. The van der Waals surface area contributed by atoms with Gasteiger partial charge in [0.15, 0.2) is 0 Å². The molecule has 3 nitrogen and oxygen atoms in total. The maximum absolute atomic E-state index is 11.9. The largest absolute Gasteiger partial charge is 0.389 e. The minimum Gasteiger partial charge on any atom is -0.356 e. The first-order chi connectivity index (χ1) is 8.03. The van der Waals surface area contributed by atoms with Crippen LogP contribution < -0.4 is 5.32 Å². The predicted molar refractivity (Wildman–Crippen MR) is 60.9 cm³/mol. The van der Waals surface area contributed by atoms with Gasteiger partial charge in [0.1, 0.15) is 0 Å². The van der Waals surface area contributed by atoms with Crippen LogP contribution in [0, 0.1) is 0 Å². The molecule has 0 unspecified atom stereocenters. The zero-order chi connectivity index (χ0) is 12.7. The van der Waals surface area contributed by atoms with Crippen molar-refractivity contribution in [2.75, 3.05) is 11.9 Å². The number of imidazole rings is 1. The Morgan fingerprint density at radius 3 is 2.76 bits per heavy atom. The minimum absolute atomic E-state index is 0.0735. The van der Waals surface area contributed by atoms with Crippen LogP contribution in [-0.4, -0.2) is 22.3 Å². The van der Waals surface area contributed by atoms with E-state index in [9.17, 15) is 13.2 Å². The van der Waals surface area contributed by atoms with E-state index in [1.54, 1.807) is 6.20 Å². The number of rotatable bonds is 7. The lowest BCUT2D eigenvalue weighted by Crippen LogP contribution is -2.13. The molecular weight excluding hydrogens is 231 g/mol. The Labute approximate surface area is 99.0 Å². The van der Waals surface area contributed by atoms with Crippen LogP contribution in [0.5, 0.6) is 0 Å². The third-order valence-electron chi connectivity index (χ3n) is 2.39. The lowest BCUT2D eigenvalue weighted by atomic mass is 10.3. The van der Waals surface area contributed by atoms with E-state index >= 15 is 0 Å². The lowest BCUT2D eigenvalue weighted by molar-refractivity contribution is -0.134. The van der Waals surface area contributed by atoms with E-state index in [0.29, 0.717) is 12.5 Å². The van der Waals surface area contributed by atoms with Crippen molar-refractivity contribution in [3.05, 3.63) is 12.4 Å². The topological polar surface area (TPSA) is 29.9 Å². The summed E-state index contributed by atoms with van der Waals surface area (Å²) < 4.78 is 37.7. The molecule has 0 aliphatic carbocycles. The van der Waals surface area contributed by atoms with Gasteiger partial charge in [0.2, 0.25) is 5.95 Å². The summed E-state index contributed by atoms with van der Waals surface area (Å²) in [6, 6.07) is 0. The Kier molecular flexibility index (Phi) is 5.31. The number of hydrogen-bond donors (Lipinski definition) is 1. The molecule has 0 spiro atoms. The second-order valence-electron chi connectivity index (χ2n) is 3.94. The summed E-state index contributed by atoms with van der Waals surface area (Å²) in [4.78, 5) is 4.07. The molecule has 1 aromatic rings. The molecule has 0 saturated carbocycles. The number of nitrogens with one attached hydrogen (secondary N) is 1. The maximum atomic E-state index is 11.9. The van der Waals surface area contributed by atoms with Crippen LogP contribution in [0.3, 0.4) is 0 Å². The fraction of sp³-hybridized carbons (Fsp3) is 0.727. The fourth-order valence-electron chi connectivity index (χ4n) is 1.47. The van der Waals surface area contributed by atoms with E-state index in [4.69, 9.17) is 0 Å². The summed E-state index contributed by atoms with van der Waals surface area (Å²) in [5.74, 6) is 0.653. The van der Waals surface area contributed by atoms with Gasteiger partial charge in [0.05, 0.1) is 0 Å². The highest BCUT2D eigenvalue weighted by Crippen LogP contribution is 2.21. The molecule has 0 aliphatic heterocycles. The summed E-state index contributed by atoms with van der Waals surface area (Å²) in [7, 11) is 0. The van der Waals surface area contributed by atoms with Gasteiger partial charge in [-0.2, -0.15) is 13.2 Å². The molecule has 1 rings (SSSR count). The van der Waals surface area contributed by atoms with Gasteiger partial charge >= 0.3 is 6.18 Å². The second-order valence-corrected chi connectivity index (χ2v) is 3.94. The van der Waals surface area contributed by atoms with Gasteiger partial charge in [-0.25, -0.2) is 4.98 Å². The van der Waals surface area contributed by atoms with Gasteiger partial charge in [0, 0.05) is 31.9 Å². The van der Waals surface area contributed by atoms with Crippen molar-refractivity contribution < 1.29 is 13.2 Å². The van der Waals surface area contributed by atoms with Crippen LogP contribution >= 0.6 is 0 Å². The number of aryl methyl sites for hydroxylation is 1. The Bertz CT molecular complexity index is 320. The number of nitrogens with zero attached hydrogens (tertiary/aromatic N) is 2.